The van der Waals surface area contributed by atoms with Crippen molar-refractivity contribution in [2.24, 2.45) is 5.92 Å². The van der Waals surface area contributed by atoms with Crippen LogP contribution in [0.4, 0.5) is 0 Å². The fourth-order valence-corrected chi connectivity index (χ4v) is 4.49. The molecule has 0 spiro atoms. The standard InChI is InChI=1S/C20H23N3OS2/c1-12(2)9-21-18(24)14(4)26-20-17-16(10-25-19(17)22-11-23-20)15-7-5-13(3)6-8-15/h5-8,10-12,14H,9H2,1-4H3,(H,21,24)/t14-/m1/s1. The molecule has 3 aromatic rings. The zero-order valence-electron chi connectivity index (χ0n) is 15.4. The summed E-state index contributed by atoms with van der Waals surface area (Å²) in [5.74, 6) is 0.481. The molecule has 26 heavy (non-hydrogen) atoms. The van der Waals surface area contributed by atoms with E-state index in [1.165, 1.54) is 17.3 Å². The van der Waals surface area contributed by atoms with Crippen molar-refractivity contribution >= 4 is 39.2 Å². The quantitative estimate of drug-likeness (QED) is 0.483. The van der Waals surface area contributed by atoms with Crippen molar-refractivity contribution < 1.29 is 4.79 Å². The van der Waals surface area contributed by atoms with Gasteiger partial charge in [0.2, 0.25) is 5.91 Å². The van der Waals surface area contributed by atoms with Gasteiger partial charge in [-0.25, -0.2) is 9.97 Å². The van der Waals surface area contributed by atoms with Gasteiger partial charge in [-0.15, -0.1) is 11.3 Å². The molecule has 0 aliphatic carbocycles. The van der Waals surface area contributed by atoms with E-state index in [-0.39, 0.29) is 11.2 Å². The largest absolute Gasteiger partial charge is 0.355 e. The summed E-state index contributed by atoms with van der Waals surface area (Å²) >= 11 is 3.10. The van der Waals surface area contributed by atoms with Gasteiger partial charge in [0.05, 0.1) is 10.6 Å². The topological polar surface area (TPSA) is 54.9 Å². The van der Waals surface area contributed by atoms with Gasteiger partial charge in [0, 0.05) is 17.5 Å². The Morgan fingerprint density at radius 3 is 2.62 bits per heavy atom. The molecule has 0 saturated heterocycles. The summed E-state index contributed by atoms with van der Waals surface area (Å²) in [5, 5.41) is 6.81. The second kappa shape index (κ2) is 8.18. The lowest BCUT2D eigenvalue weighted by Crippen LogP contribution is -2.33. The second-order valence-corrected chi connectivity index (χ2v) is 8.96. The fraction of sp³-hybridized carbons (Fsp3) is 0.350. The number of thioether (sulfide) groups is 1. The molecule has 6 heteroatoms. The number of fused-ring (bicyclic) bond motifs is 1. The van der Waals surface area contributed by atoms with Crippen LogP contribution in [0.5, 0.6) is 0 Å². The molecule has 0 bridgehead atoms. The molecular formula is C20H23N3OS2. The first-order valence-corrected chi connectivity index (χ1v) is 10.4. The minimum Gasteiger partial charge on any atom is -0.355 e. The average molecular weight is 386 g/mol. The van der Waals surface area contributed by atoms with Crippen molar-refractivity contribution in [3.8, 4) is 11.1 Å². The van der Waals surface area contributed by atoms with Crippen LogP contribution in [0.25, 0.3) is 21.3 Å². The highest BCUT2D eigenvalue weighted by atomic mass is 32.2. The van der Waals surface area contributed by atoms with Gasteiger partial charge in [-0.2, -0.15) is 0 Å². The van der Waals surface area contributed by atoms with E-state index in [0.717, 1.165) is 26.4 Å². The number of carbonyl (C=O) groups excluding carboxylic acids is 1. The molecule has 0 aliphatic rings. The Morgan fingerprint density at radius 1 is 1.19 bits per heavy atom. The third-order valence-electron chi connectivity index (χ3n) is 4.04. The maximum atomic E-state index is 12.3. The number of rotatable bonds is 6. The summed E-state index contributed by atoms with van der Waals surface area (Å²) in [6.07, 6.45) is 1.58. The summed E-state index contributed by atoms with van der Waals surface area (Å²) in [6, 6.07) is 8.46. The van der Waals surface area contributed by atoms with Crippen molar-refractivity contribution in [2.75, 3.05) is 6.54 Å². The lowest BCUT2D eigenvalue weighted by atomic mass is 10.1. The lowest BCUT2D eigenvalue weighted by molar-refractivity contribution is -0.120. The Bertz CT molecular complexity index is 903. The smallest absolute Gasteiger partial charge is 0.233 e. The first-order valence-electron chi connectivity index (χ1n) is 8.69. The Labute approximate surface area is 162 Å². The number of hydrogen-bond donors (Lipinski definition) is 1. The summed E-state index contributed by atoms with van der Waals surface area (Å²) in [4.78, 5) is 22.2. The van der Waals surface area contributed by atoms with Crippen molar-refractivity contribution in [2.45, 2.75) is 38.0 Å². The number of amides is 1. The molecule has 3 rings (SSSR count). The Hall–Kier alpha value is -1.92. The molecule has 2 aromatic heterocycles. The molecule has 0 fully saturated rings. The van der Waals surface area contributed by atoms with Gasteiger partial charge in [-0.05, 0) is 25.3 Å². The zero-order chi connectivity index (χ0) is 18.7. The highest BCUT2D eigenvalue weighted by Gasteiger charge is 2.19. The van der Waals surface area contributed by atoms with Crippen LogP contribution in [0, 0.1) is 12.8 Å². The summed E-state index contributed by atoms with van der Waals surface area (Å²) in [5.41, 5.74) is 3.51. The normalized spacial score (nSPS) is 12.5. The third kappa shape index (κ3) is 4.24. The van der Waals surface area contributed by atoms with E-state index in [1.807, 2.05) is 6.92 Å². The van der Waals surface area contributed by atoms with E-state index in [0.29, 0.717) is 12.5 Å². The molecule has 4 nitrogen and oxygen atoms in total. The highest BCUT2D eigenvalue weighted by molar-refractivity contribution is 8.00. The van der Waals surface area contributed by atoms with E-state index in [4.69, 9.17) is 0 Å². The van der Waals surface area contributed by atoms with E-state index >= 15 is 0 Å². The molecule has 0 aliphatic heterocycles. The molecule has 1 atom stereocenters. The summed E-state index contributed by atoms with van der Waals surface area (Å²) < 4.78 is 0. The number of hydrogen-bond acceptors (Lipinski definition) is 5. The second-order valence-electron chi connectivity index (χ2n) is 6.77. The maximum Gasteiger partial charge on any atom is 0.233 e. The minimum atomic E-state index is -0.211. The predicted molar refractivity (Wildman–Crippen MR) is 111 cm³/mol. The fourth-order valence-electron chi connectivity index (χ4n) is 2.55. The van der Waals surface area contributed by atoms with Crippen LogP contribution in [0.15, 0.2) is 41.0 Å². The lowest BCUT2D eigenvalue weighted by Gasteiger charge is -2.13. The first-order chi connectivity index (χ1) is 12.5. The maximum absolute atomic E-state index is 12.3. The molecule has 1 aromatic carbocycles. The van der Waals surface area contributed by atoms with E-state index in [9.17, 15) is 4.79 Å². The van der Waals surface area contributed by atoms with E-state index in [1.54, 1.807) is 17.7 Å². The van der Waals surface area contributed by atoms with Crippen LogP contribution < -0.4 is 5.32 Å². The van der Waals surface area contributed by atoms with Crippen molar-refractivity contribution in [1.82, 2.24) is 15.3 Å². The highest BCUT2D eigenvalue weighted by Crippen LogP contribution is 2.38. The number of carbonyl (C=O) groups is 1. The molecule has 1 amide bonds. The van der Waals surface area contributed by atoms with Crippen molar-refractivity contribution in [3.05, 3.63) is 41.5 Å². The minimum absolute atomic E-state index is 0.0441. The van der Waals surface area contributed by atoms with Crippen LogP contribution in [0.3, 0.4) is 0 Å². The predicted octanol–water partition coefficient (Wildman–Crippen LogP) is 4.92. The Balaban J connectivity index is 1.90. The molecule has 136 valence electrons. The van der Waals surface area contributed by atoms with Gasteiger partial charge in [0.25, 0.3) is 0 Å². The van der Waals surface area contributed by atoms with Crippen LogP contribution >= 0.6 is 23.1 Å². The number of benzene rings is 1. The van der Waals surface area contributed by atoms with Crippen LogP contribution in [-0.2, 0) is 4.79 Å². The van der Waals surface area contributed by atoms with E-state index < -0.39 is 0 Å². The van der Waals surface area contributed by atoms with Gasteiger partial charge in [0.1, 0.15) is 16.2 Å². The van der Waals surface area contributed by atoms with Crippen LogP contribution in [-0.4, -0.2) is 27.7 Å². The molecule has 1 N–H and O–H groups in total. The van der Waals surface area contributed by atoms with Crippen molar-refractivity contribution in [3.63, 3.8) is 0 Å². The molecule has 2 heterocycles. The molecule has 0 unspecified atom stereocenters. The van der Waals surface area contributed by atoms with Crippen LogP contribution in [0.1, 0.15) is 26.3 Å². The van der Waals surface area contributed by atoms with Crippen molar-refractivity contribution in [1.29, 1.82) is 0 Å². The monoisotopic (exact) mass is 385 g/mol. The first kappa shape index (κ1) is 18.9. The summed E-state index contributed by atoms with van der Waals surface area (Å²) in [6.45, 7) is 8.87. The molecular weight excluding hydrogens is 362 g/mol. The SMILES string of the molecule is Cc1ccc(-c2csc3ncnc(S[C@H](C)C(=O)NCC(C)C)c23)cc1. The van der Waals surface area contributed by atoms with Crippen LogP contribution in [0.2, 0.25) is 0 Å². The molecule has 0 radical (unpaired) electrons. The summed E-state index contributed by atoms with van der Waals surface area (Å²) in [7, 11) is 0. The number of thiophene rings is 1. The van der Waals surface area contributed by atoms with Gasteiger partial charge >= 0.3 is 0 Å². The zero-order valence-corrected chi connectivity index (χ0v) is 17.1. The number of aromatic nitrogens is 2. The number of nitrogens with one attached hydrogen (secondary N) is 1. The van der Waals surface area contributed by atoms with E-state index in [2.05, 4.69) is 65.7 Å². The van der Waals surface area contributed by atoms with Gasteiger partial charge in [0.15, 0.2) is 0 Å². The Kier molecular flexibility index (Phi) is 5.94. The number of aryl methyl sites for hydroxylation is 1. The van der Waals surface area contributed by atoms with Gasteiger partial charge < -0.3 is 5.32 Å². The molecule has 0 saturated carbocycles. The third-order valence-corrected chi connectivity index (χ3v) is 6.03. The van der Waals surface area contributed by atoms with Gasteiger partial charge in [-0.3, -0.25) is 4.79 Å². The average Bonchev–Trinajstić information content (AvgIpc) is 3.05. The Morgan fingerprint density at radius 2 is 1.92 bits per heavy atom. The number of nitrogens with zero attached hydrogens (tertiary/aromatic N) is 2. The van der Waals surface area contributed by atoms with Gasteiger partial charge in [-0.1, -0.05) is 55.4 Å².